The molecule has 0 fully saturated rings. The van der Waals surface area contributed by atoms with Crippen LogP contribution >= 0.6 is 0 Å². The van der Waals surface area contributed by atoms with Gasteiger partial charge in [0, 0.05) is 11.1 Å². The van der Waals surface area contributed by atoms with Gasteiger partial charge in [0.1, 0.15) is 0 Å². The van der Waals surface area contributed by atoms with Gasteiger partial charge in [-0.1, -0.05) is 29.8 Å². The number of carbonyl (C=O) groups is 3. The van der Waals surface area contributed by atoms with Crippen LogP contribution in [0.5, 0.6) is 0 Å². The number of benzene rings is 1. The highest BCUT2D eigenvalue weighted by molar-refractivity contribution is 5.95. The van der Waals surface area contributed by atoms with Crippen LogP contribution in [-0.4, -0.2) is 50.3 Å². The Bertz CT molecular complexity index is 823. The lowest BCUT2D eigenvalue weighted by Crippen LogP contribution is -2.49. The third-order valence-electron chi connectivity index (χ3n) is 3.14. The second-order valence-electron chi connectivity index (χ2n) is 6.92. The summed E-state index contributed by atoms with van der Waals surface area (Å²) in [6.07, 6.45) is 0. The molecule has 3 amide bonds. The Hall–Kier alpha value is -3.30. The zero-order valence-electron chi connectivity index (χ0n) is 15.6. The van der Waals surface area contributed by atoms with Crippen molar-refractivity contribution in [2.24, 2.45) is 0 Å². The van der Waals surface area contributed by atoms with E-state index in [1.54, 1.807) is 20.8 Å². The second kappa shape index (κ2) is 8.39. The maximum absolute atomic E-state index is 11.8. The van der Waals surface area contributed by atoms with E-state index >= 15 is 0 Å². The minimum absolute atomic E-state index is 0.305. The lowest BCUT2D eigenvalue weighted by atomic mass is 10.1. The van der Waals surface area contributed by atoms with E-state index in [4.69, 9.17) is 4.74 Å². The number of rotatable bonds is 5. The van der Waals surface area contributed by atoms with Gasteiger partial charge in [0.2, 0.25) is 5.82 Å². The zero-order chi connectivity index (χ0) is 20.0. The quantitative estimate of drug-likeness (QED) is 0.741. The van der Waals surface area contributed by atoms with Crippen molar-refractivity contribution < 1.29 is 19.1 Å². The fourth-order valence-electron chi connectivity index (χ4n) is 1.97. The van der Waals surface area contributed by atoms with Gasteiger partial charge >= 0.3 is 12.0 Å². The molecule has 0 aliphatic rings. The van der Waals surface area contributed by atoms with Crippen LogP contribution < -0.4 is 10.6 Å². The molecule has 0 saturated carbocycles. The second-order valence-corrected chi connectivity index (χ2v) is 6.92. The number of amides is 3. The van der Waals surface area contributed by atoms with E-state index in [0.29, 0.717) is 5.82 Å². The van der Waals surface area contributed by atoms with Gasteiger partial charge in [-0.05, 0) is 32.9 Å². The lowest BCUT2D eigenvalue weighted by molar-refractivity contribution is -0.149. The fraction of sp³-hybridized carbons (Fsp3) is 0.412. The zero-order valence-corrected chi connectivity index (χ0v) is 15.6. The van der Waals surface area contributed by atoms with E-state index in [-0.39, 0.29) is 6.54 Å². The number of imide groups is 1. The molecule has 10 nitrogen and oxygen atoms in total. The van der Waals surface area contributed by atoms with Crippen LogP contribution in [0, 0.1) is 6.92 Å². The van der Waals surface area contributed by atoms with Crippen molar-refractivity contribution >= 4 is 17.9 Å². The maximum atomic E-state index is 11.8. The van der Waals surface area contributed by atoms with Gasteiger partial charge < -0.3 is 10.1 Å². The molecular weight excluding hydrogens is 352 g/mol. The summed E-state index contributed by atoms with van der Waals surface area (Å²) in [4.78, 5) is 36.0. The number of ether oxygens (including phenoxy) is 1. The Morgan fingerprint density at radius 1 is 1.15 bits per heavy atom. The topological polar surface area (TPSA) is 128 Å². The van der Waals surface area contributed by atoms with Gasteiger partial charge in [-0.15, -0.1) is 10.2 Å². The van der Waals surface area contributed by atoms with Crippen molar-refractivity contribution in [2.75, 3.05) is 6.61 Å². The lowest BCUT2D eigenvalue weighted by Gasteiger charge is -2.20. The molecule has 2 rings (SSSR count). The molecule has 2 N–H and O–H groups in total. The van der Waals surface area contributed by atoms with Crippen molar-refractivity contribution in [3.8, 4) is 11.4 Å². The van der Waals surface area contributed by atoms with Crippen molar-refractivity contribution in [2.45, 2.75) is 39.8 Å². The maximum Gasteiger partial charge on any atom is 0.330 e. The largest absolute Gasteiger partial charge is 0.454 e. The van der Waals surface area contributed by atoms with Gasteiger partial charge in [0.15, 0.2) is 13.2 Å². The number of aromatic nitrogens is 4. The molecule has 10 heteroatoms. The van der Waals surface area contributed by atoms with E-state index in [9.17, 15) is 14.4 Å². The highest BCUT2D eigenvalue weighted by Gasteiger charge is 2.17. The van der Waals surface area contributed by atoms with Gasteiger partial charge in [0.25, 0.3) is 5.91 Å². The highest BCUT2D eigenvalue weighted by Crippen LogP contribution is 2.13. The SMILES string of the molecule is Cc1ccc(-c2nnn(CC(=O)OCC(=O)NC(=O)NC(C)(C)C)n2)cc1. The molecule has 0 spiro atoms. The molecule has 0 aliphatic carbocycles. The minimum atomic E-state index is -0.739. The smallest absolute Gasteiger partial charge is 0.330 e. The summed E-state index contributed by atoms with van der Waals surface area (Å²) in [5, 5.41) is 16.4. The van der Waals surface area contributed by atoms with Gasteiger partial charge in [-0.25, -0.2) is 9.59 Å². The molecule has 2 aromatic rings. The first kappa shape index (κ1) is 20.0. The predicted octanol–water partition coefficient (Wildman–Crippen LogP) is 0.816. The van der Waals surface area contributed by atoms with Crippen molar-refractivity contribution in [3.05, 3.63) is 29.8 Å². The highest BCUT2D eigenvalue weighted by atomic mass is 16.5. The summed E-state index contributed by atoms with van der Waals surface area (Å²) in [5.41, 5.74) is 1.38. The standard InChI is InChI=1S/C17H22N6O4/c1-11-5-7-12(8-6-11)15-20-22-23(21-15)9-14(25)27-10-13(24)18-16(26)19-17(2,3)4/h5-8H,9-10H2,1-4H3,(H2,18,19,24,26). The van der Waals surface area contributed by atoms with Crippen LogP contribution in [-0.2, 0) is 20.9 Å². The predicted molar refractivity (Wildman–Crippen MR) is 95.4 cm³/mol. The molecule has 0 atom stereocenters. The average molecular weight is 374 g/mol. The van der Waals surface area contributed by atoms with E-state index < -0.39 is 30.1 Å². The van der Waals surface area contributed by atoms with Crippen molar-refractivity contribution in [1.29, 1.82) is 0 Å². The minimum Gasteiger partial charge on any atom is -0.454 e. The molecule has 0 aliphatic heterocycles. The fourth-order valence-corrected chi connectivity index (χ4v) is 1.97. The first-order valence-corrected chi connectivity index (χ1v) is 8.25. The Kier molecular flexibility index (Phi) is 6.22. The summed E-state index contributed by atoms with van der Waals surface area (Å²) in [6, 6.07) is 6.87. The number of carbonyl (C=O) groups excluding carboxylic acids is 3. The van der Waals surface area contributed by atoms with E-state index in [1.165, 1.54) is 0 Å². The van der Waals surface area contributed by atoms with Crippen LogP contribution in [0.25, 0.3) is 11.4 Å². The van der Waals surface area contributed by atoms with E-state index in [2.05, 4.69) is 26.0 Å². The molecule has 0 unspecified atom stereocenters. The summed E-state index contributed by atoms with van der Waals surface area (Å²) in [7, 11) is 0. The summed E-state index contributed by atoms with van der Waals surface area (Å²) in [5.74, 6) is -1.09. The number of esters is 1. The number of hydrogen-bond donors (Lipinski definition) is 2. The van der Waals surface area contributed by atoms with Crippen LogP contribution in [0.3, 0.4) is 0 Å². The van der Waals surface area contributed by atoms with Crippen molar-refractivity contribution in [1.82, 2.24) is 30.8 Å². The number of hydrogen-bond acceptors (Lipinski definition) is 7. The third-order valence-corrected chi connectivity index (χ3v) is 3.14. The molecule has 27 heavy (non-hydrogen) atoms. The Labute approximate surface area is 156 Å². The van der Waals surface area contributed by atoms with E-state index in [0.717, 1.165) is 15.9 Å². The third kappa shape index (κ3) is 6.84. The Balaban J connectivity index is 1.80. The molecule has 144 valence electrons. The summed E-state index contributed by atoms with van der Waals surface area (Å²) in [6.45, 7) is 6.39. The summed E-state index contributed by atoms with van der Waals surface area (Å²) < 4.78 is 4.81. The van der Waals surface area contributed by atoms with Crippen LogP contribution in [0.15, 0.2) is 24.3 Å². The summed E-state index contributed by atoms with van der Waals surface area (Å²) >= 11 is 0. The Morgan fingerprint density at radius 3 is 2.44 bits per heavy atom. The number of aryl methyl sites for hydroxylation is 1. The van der Waals surface area contributed by atoms with Crippen molar-refractivity contribution in [3.63, 3.8) is 0 Å². The van der Waals surface area contributed by atoms with Gasteiger partial charge in [-0.2, -0.15) is 4.80 Å². The number of nitrogens with zero attached hydrogens (tertiary/aromatic N) is 4. The van der Waals surface area contributed by atoms with Crippen LogP contribution in [0.4, 0.5) is 4.79 Å². The molecule has 1 aromatic heterocycles. The monoisotopic (exact) mass is 374 g/mol. The molecular formula is C17H22N6O4. The number of tetrazole rings is 1. The average Bonchev–Trinajstić information content (AvgIpc) is 3.00. The molecule has 0 bridgehead atoms. The van der Waals surface area contributed by atoms with Crippen LogP contribution in [0.2, 0.25) is 0 Å². The normalized spacial score (nSPS) is 11.0. The van der Waals surface area contributed by atoms with Gasteiger partial charge in [-0.3, -0.25) is 10.1 Å². The Morgan fingerprint density at radius 2 is 1.81 bits per heavy atom. The molecule has 0 saturated heterocycles. The number of nitrogens with one attached hydrogen (secondary N) is 2. The first-order chi connectivity index (χ1) is 12.6. The first-order valence-electron chi connectivity index (χ1n) is 8.25. The van der Waals surface area contributed by atoms with Crippen LogP contribution in [0.1, 0.15) is 26.3 Å². The molecule has 1 heterocycles. The molecule has 1 aromatic carbocycles. The molecule has 0 radical (unpaired) electrons. The number of urea groups is 1. The van der Waals surface area contributed by atoms with E-state index in [1.807, 2.05) is 31.2 Å². The van der Waals surface area contributed by atoms with Gasteiger partial charge in [0.05, 0.1) is 0 Å².